The summed E-state index contributed by atoms with van der Waals surface area (Å²) in [7, 11) is 0. The number of anilines is 1. The molecule has 5 heteroatoms. The summed E-state index contributed by atoms with van der Waals surface area (Å²) >= 11 is 1.89. The Morgan fingerprint density at radius 2 is 2.05 bits per heavy atom. The Hall–Kier alpha value is -0.710. The Morgan fingerprint density at radius 1 is 1.40 bits per heavy atom. The molecule has 2 rings (SSSR count). The highest BCUT2D eigenvalue weighted by atomic mass is 35.5. The van der Waals surface area contributed by atoms with Crippen LogP contribution in [0.1, 0.15) is 39.0 Å². The number of hydrogen-bond acceptors (Lipinski definition) is 3. The maximum Gasteiger partial charge on any atom is 0.225 e. The summed E-state index contributed by atoms with van der Waals surface area (Å²) in [4.78, 5) is 13.0. The molecular formula is C15H23ClN2OS. The molecule has 0 aliphatic heterocycles. The van der Waals surface area contributed by atoms with E-state index in [4.69, 9.17) is 5.73 Å². The van der Waals surface area contributed by atoms with Crippen molar-refractivity contribution < 1.29 is 4.79 Å². The number of halogens is 1. The summed E-state index contributed by atoms with van der Waals surface area (Å²) in [6.45, 7) is 1.85. The smallest absolute Gasteiger partial charge is 0.225 e. The first kappa shape index (κ1) is 17.3. The minimum Gasteiger partial charge on any atom is -0.327 e. The number of benzene rings is 1. The Morgan fingerprint density at radius 3 is 2.70 bits per heavy atom. The lowest BCUT2D eigenvalue weighted by atomic mass is 10.2. The van der Waals surface area contributed by atoms with Crippen molar-refractivity contribution in [2.75, 3.05) is 5.32 Å². The first-order chi connectivity index (χ1) is 9.15. The van der Waals surface area contributed by atoms with Crippen LogP contribution in [-0.2, 0) is 4.79 Å². The first-order valence-electron chi connectivity index (χ1n) is 6.96. The number of nitrogens with one attached hydrogen (secondary N) is 1. The second-order valence-corrected chi connectivity index (χ2v) is 6.59. The molecule has 0 bridgehead atoms. The van der Waals surface area contributed by atoms with Gasteiger partial charge in [-0.15, -0.1) is 24.2 Å². The monoisotopic (exact) mass is 314 g/mol. The molecule has 1 atom stereocenters. The molecular weight excluding hydrogens is 292 g/mol. The highest BCUT2D eigenvalue weighted by Crippen LogP contribution is 2.37. The van der Waals surface area contributed by atoms with Crippen LogP contribution in [0.4, 0.5) is 5.69 Å². The van der Waals surface area contributed by atoms with E-state index in [0.717, 1.165) is 5.69 Å². The Balaban J connectivity index is 0.00000200. The lowest BCUT2D eigenvalue weighted by molar-refractivity contribution is -0.116. The van der Waals surface area contributed by atoms with E-state index in [1.807, 2.05) is 36.9 Å². The van der Waals surface area contributed by atoms with E-state index >= 15 is 0 Å². The van der Waals surface area contributed by atoms with Crippen molar-refractivity contribution in [2.45, 2.75) is 55.2 Å². The SMILES string of the molecule is CC(N)CC(=O)Nc1ccccc1SC1CCCC1.Cl. The van der Waals surface area contributed by atoms with Crippen molar-refractivity contribution in [2.24, 2.45) is 5.73 Å². The van der Waals surface area contributed by atoms with Crippen molar-refractivity contribution in [1.29, 1.82) is 0 Å². The third-order valence-corrected chi connectivity index (χ3v) is 4.68. The number of rotatable bonds is 5. The first-order valence-corrected chi connectivity index (χ1v) is 7.84. The molecule has 1 fully saturated rings. The van der Waals surface area contributed by atoms with Crippen LogP contribution in [0.5, 0.6) is 0 Å². The minimum atomic E-state index is -0.102. The van der Waals surface area contributed by atoms with E-state index in [1.54, 1.807) is 0 Å². The largest absolute Gasteiger partial charge is 0.327 e. The molecule has 0 aromatic heterocycles. The van der Waals surface area contributed by atoms with E-state index < -0.39 is 0 Å². The molecule has 3 nitrogen and oxygen atoms in total. The topological polar surface area (TPSA) is 55.1 Å². The predicted octanol–water partition coefficient (Wildman–Crippen LogP) is 3.82. The van der Waals surface area contributed by atoms with Gasteiger partial charge in [0.1, 0.15) is 0 Å². The van der Waals surface area contributed by atoms with E-state index in [-0.39, 0.29) is 24.4 Å². The normalized spacial score (nSPS) is 16.5. The summed E-state index contributed by atoms with van der Waals surface area (Å²) in [6, 6.07) is 7.94. The van der Waals surface area contributed by atoms with Crippen LogP contribution < -0.4 is 11.1 Å². The predicted molar refractivity (Wildman–Crippen MR) is 88.7 cm³/mol. The molecule has 112 valence electrons. The molecule has 0 heterocycles. The summed E-state index contributed by atoms with van der Waals surface area (Å²) in [5.41, 5.74) is 6.57. The lowest BCUT2D eigenvalue weighted by Gasteiger charge is -2.14. The summed E-state index contributed by atoms with van der Waals surface area (Å²) < 4.78 is 0. The standard InChI is InChI=1S/C15H22N2OS.ClH/c1-11(16)10-15(18)17-13-8-4-5-9-14(13)19-12-6-2-3-7-12;/h4-5,8-9,11-12H,2-3,6-7,10,16H2,1H3,(H,17,18);1H. The van der Waals surface area contributed by atoms with E-state index in [1.165, 1.54) is 30.6 Å². The molecule has 20 heavy (non-hydrogen) atoms. The van der Waals surface area contributed by atoms with Crippen LogP contribution in [0.3, 0.4) is 0 Å². The maximum absolute atomic E-state index is 11.8. The molecule has 1 unspecified atom stereocenters. The zero-order chi connectivity index (χ0) is 13.7. The highest BCUT2D eigenvalue weighted by molar-refractivity contribution is 8.00. The molecule has 1 aromatic rings. The molecule has 0 saturated heterocycles. The summed E-state index contributed by atoms with van der Waals surface area (Å²) in [5.74, 6) is -0.00512. The minimum absolute atomic E-state index is 0. The number of carbonyl (C=O) groups is 1. The average Bonchev–Trinajstić information content (AvgIpc) is 2.83. The van der Waals surface area contributed by atoms with Crippen LogP contribution in [0.15, 0.2) is 29.2 Å². The number of hydrogen-bond donors (Lipinski definition) is 2. The molecule has 1 aromatic carbocycles. The van der Waals surface area contributed by atoms with Gasteiger partial charge in [-0.1, -0.05) is 25.0 Å². The fourth-order valence-corrected chi connectivity index (χ4v) is 3.68. The van der Waals surface area contributed by atoms with Gasteiger partial charge in [0.2, 0.25) is 5.91 Å². The number of amides is 1. The van der Waals surface area contributed by atoms with Gasteiger partial charge in [-0.25, -0.2) is 0 Å². The Bertz CT molecular complexity index is 434. The van der Waals surface area contributed by atoms with Gasteiger partial charge >= 0.3 is 0 Å². The maximum atomic E-state index is 11.8. The Labute approximate surface area is 131 Å². The fourth-order valence-electron chi connectivity index (χ4n) is 2.35. The third-order valence-electron chi connectivity index (χ3n) is 3.26. The van der Waals surface area contributed by atoms with Crippen LogP contribution in [0, 0.1) is 0 Å². The van der Waals surface area contributed by atoms with Crippen molar-refractivity contribution in [1.82, 2.24) is 0 Å². The van der Waals surface area contributed by atoms with Gasteiger partial charge in [-0.2, -0.15) is 0 Å². The molecule has 1 amide bonds. The quantitative estimate of drug-likeness (QED) is 0.868. The van der Waals surface area contributed by atoms with Gasteiger partial charge in [0.25, 0.3) is 0 Å². The van der Waals surface area contributed by atoms with Gasteiger partial charge in [0.15, 0.2) is 0 Å². The van der Waals surface area contributed by atoms with E-state index in [0.29, 0.717) is 11.7 Å². The zero-order valence-corrected chi connectivity index (χ0v) is 13.4. The van der Waals surface area contributed by atoms with Crippen molar-refractivity contribution >= 4 is 35.8 Å². The molecule has 3 N–H and O–H groups in total. The highest BCUT2D eigenvalue weighted by Gasteiger charge is 2.18. The van der Waals surface area contributed by atoms with Crippen LogP contribution in [-0.4, -0.2) is 17.2 Å². The fraction of sp³-hybridized carbons (Fsp3) is 0.533. The number of para-hydroxylation sites is 1. The van der Waals surface area contributed by atoms with E-state index in [9.17, 15) is 4.79 Å². The second kappa shape index (κ2) is 8.55. The van der Waals surface area contributed by atoms with Gasteiger partial charge < -0.3 is 11.1 Å². The Kier molecular flexibility index (Phi) is 7.41. The van der Waals surface area contributed by atoms with E-state index in [2.05, 4.69) is 11.4 Å². The van der Waals surface area contributed by atoms with Gasteiger partial charge in [0.05, 0.1) is 5.69 Å². The molecule has 0 radical (unpaired) electrons. The third kappa shape index (κ3) is 5.35. The van der Waals surface area contributed by atoms with Crippen LogP contribution >= 0.6 is 24.2 Å². The van der Waals surface area contributed by atoms with Crippen molar-refractivity contribution in [3.05, 3.63) is 24.3 Å². The second-order valence-electron chi connectivity index (χ2n) is 5.25. The van der Waals surface area contributed by atoms with Crippen molar-refractivity contribution in [3.63, 3.8) is 0 Å². The van der Waals surface area contributed by atoms with Gasteiger partial charge in [0, 0.05) is 22.6 Å². The zero-order valence-electron chi connectivity index (χ0n) is 11.8. The molecule has 1 aliphatic rings. The van der Waals surface area contributed by atoms with Gasteiger partial charge in [-0.05, 0) is 31.9 Å². The molecule has 1 saturated carbocycles. The summed E-state index contributed by atoms with van der Waals surface area (Å²) in [6.07, 6.45) is 5.59. The molecule has 1 aliphatic carbocycles. The summed E-state index contributed by atoms with van der Waals surface area (Å²) in [5, 5.41) is 3.68. The number of carbonyl (C=O) groups excluding carboxylic acids is 1. The van der Waals surface area contributed by atoms with Crippen LogP contribution in [0.2, 0.25) is 0 Å². The number of thioether (sulfide) groups is 1. The van der Waals surface area contributed by atoms with Crippen LogP contribution in [0.25, 0.3) is 0 Å². The molecule has 0 spiro atoms. The average molecular weight is 315 g/mol. The van der Waals surface area contributed by atoms with Gasteiger partial charge in [-0.3, -0.25) is 4.79 Å². The lowest BCUT2D eigenvalue weighted by Crippen LogP contribution is -2.24. The van der Waals surface area contributed by atoms with Crippen molar-refractivity contribution in [3.8, 4) is 0 Å². The number of nitrogens with two attached hydrogens (primary N) is 1.